The first kappa shape index (κ1) is 16.0. The van der Waals surface area contributed by atoms with Crippen LogP contribution in [0.5, 0.6) is 0 Å². The highest BCUT2D eigenvalue weighted by Gasteiger charge is 2.09. The molecule has 0 bridgehead atoms. The van der Waals surface area contributed by atoms with Crippen molar-refractivity contribution in [2.75, 3.05) is 0 Å². The molecule has 0 aliphatic heterocycles. The normalized spacial score (nSPS) is 11.9. The summed E-state index contributed by atoms with van der Waals surface area (Å²) in [5.41, 5.74) is 3.35. The van der Waals surface area contributed by atoms with Crippen molar-refractivity contribution >= 4 is 5.91 Å². The van der Waals surface area contributed by atoms with Crippen molar-refractivity contribution < 1.29 is 4.79 Å². The Hall–Kier alpha value is -2.88. The summed E-state index contributed by atoms with van der Waals surface area (Å²) in [6, 6.07) is 20.3. The number of hydrogen-bond acceptors (Lipinski definition) is 2. The first-order chi connectivity index (χ1) is 11.7. The highest BCUT2D eigenvalue weighted by molar-refractivity contribution is 5.79. The van der Waals surface area contributed by atoms with E-state index in [0.29, 0.717) is 13.0 Å². The predicted octanol–water partition coefficient (Wildman–Crippen LogP) is 3.30. The molecule has 3 rings (SSSR count). The molecule has 4 nitrogen and oxygen atoms in total. The molecule has 1 atom stereocenters. The zero-order valence-corrected chi connectivity index (χ0v) is 13.7. The third kappa shape index (κ3) is 4.32. The molecule has 1 aromatic heterocycles. The van der Waals surface area contributed by atoms with Crippen LogP contribution in [-0.2, 0) is 17.8 Å². The second kappa shape index (κ2) is 7.59. The number of hydrogen-bond donors (Lipinski definition) is 1. The molecular weight excluding hydrogens is 298 g/mol. The van der Waals surface area contributed by atoms with Crippen molar-refractivity contribution in [2.45, 2.75) is 25.9 Å². The van der Waals surface area contributed by atoms with Crippen LogP contribution < -0.4 is 5.32 Å². The molecule has 1 amide bonds. The molecule has 0 spiro atoms. The first-order valence-corrected chi connectivity index (χ1v) is 8.12. The van der Waals surface area contributed by atoms with Crippen molar-refractivity contribution in [2.24, 2.45) is 0 Å². The standard InChI is InChI=1S/C20H21N3O/c1-16(15-23-13-5-12-21-23)22-20(24)14-17-8-10-19(11-9-17)18-6-3-2-4-7-18/h2-13,16H,14-15H2,1H3,(H,22,24)/t16-/m1/s1. The van der Waals surface area contributed by atoms with Crippen LogP contribution in [0, 0.1) is 0 Å². The van der Waals surface area contributed by atoms with Gasteiger partial charge in [-0.15, -0.1) is 0 Å². The maximum atomic E-state index is 12.2. The van der Waals surface area contributed by atoms with Crippen molar-refractivity contribution in [3.8, 4) is 11.1 Å². The van der Waals surface area contributed by atoms with E-state index in [1.54, 1.807) is 6.20 Å². The molecule has 0 fully saturated rings. The van der Waals surface area contributed by atoms with Crippen LogP contribution in [0.25, 0.3) is 11.1 Å². The number of nitrogens with zero attached hydrogens (tertiary/aromatic N) is 2. The summed E-state index contributed by atoms with van der Waals surface area (Å²) in [6.07, 6.45) is 4.02. The highest BCUT2D eigenvalue weighted by atomic mass is 16.1. The summed E-state index contributed by atoms with van der Waals surface area (Å²) in [6.45, 7) is 2.66. The Bertz CT molecular complexity index is 764. The summed E-state index contributed by atoms with van der Waals surface area (Å²) in [5, 5.41) is 7.16. The quantitative estimate of drug-likeness (QED) is 0.758. The maximum absolute atomic E-state index is 12.2. The molecular formula is C20H21N3O. The summed E-state index contributed by atoms with van der Waals surface area (Å²) >= 11 is 0. The number of rotatable bonds is 6. The van der Waals surface area contributed by atoms with E-state index in [-0.39, 0.29) is 11.9 Å². The summed E-state index contributed by atoms with van der Waals surface area (Å²) in [5.74, 6) is 0.0297. The molecule has 122 valence electrons. The number of carbonyl (C=O) groups excluding carboxylic acids is 1. The van der Waals surface area contributed by atoms with E-state index in [1.807, 2.05) is 54.2 Å². The fraction of sp³-hybridized carbons (Fsp3) is 0.200. The molecule has 1 N–H and O–H groups in total. The van der Waals surface area contributed by atoms with Gasteiger partial charge in [0.05, 0.1) is 13.0 Å². The summed E-state index contributed by atoms with van der Waals surface area (Å²) in [4.78, 5) is 12.2. The maximum Gasteiger partial charge on any atom is 0.224 e. The number of benzene rings is 2. The van der Waals surface area contributed by atoms with Crippen LogP contribution >= 0.6 is 0 Å². The van der Waals surface area contributed by atoms with Crippen molar-refractivity contribution in [3.05, 3.63) is 78.6 Å². The van der Waals surface area contributed by atoms with E-state index >= 15 is 0 Å². The Balaban J connectivity index is 1.54. The molecule has 2 aromatic carbocycles. The van der Waals surface area contributed by atoms with E-state index in [0.717, 1.165) is 11.1 Å². The molecule has 1 heterocycles. The van der Waals surface area contributed by atoms with Gasteiger partial charge in [0.2, 0.25) is 5.91 Å². The highest BCUT2D eigenvalue weighted by Crippen LogP contribution is 2.19. The van der Waals surface area contributed by atoms with E-state index in [1.165, 1.54) is 5.56 Å². The minimum absolute atomic E-state index is 0.0297. The lowest BCUT2D eigenvalue weighted by Crippen LogP contribution is -2.36. The van der Waals surface area contributed by atoms with Crippen LogP contribution in [0.2, 0.25) is 0 Å². The summed E-state index contributed by atoms with van der Waals surface area (Å²) < 4.78 is 1.82. The predicted molar refractivity (Wildman–Crippen MR) is 95.4 cm³/mol. The minimum Gasteiger partial charge on any atom is -0.351 e. The van der Waals surface area contributed by atoms with Gasteiger partial charge in [-0.1, -0.05) is 54.6 Å². The van der Waals surface area contributed by atoms with Gasteiger partial charge in [-0.05, 0) is 29.7 Å². The lowest BCUT2D eigenvalue weighted by atomic mass is 10.0. The first-order valence-electron chi connectivity index (χ1n) is 8.12. The van der Waals surface area contributed by atoms with Gasteiger partial charge in [-0.25, -0.2) is 0 Å². The Morgan fingerprint density at radius 2 is 1.75 bits per heavy atom. The smallest absolute Gasteiger partial charge is 0.224 e. The SMILES string of the molecule is C[C@H](Cn1cccn1)NC(=O)Cc1ccc(-c2ccccc2)cc1. The lowest BCUT2D eigenvalue weighted by molar-refractivity contribution is -0.121. The van der Waals surface area contributed by atoms with Crippen LogP contribution in [0.1, 0.15) is 12.5 Å². The van der Waals surface area contributed by atoms with E-state index in [4.69, 9.17) is 0 Å². The average molecular weight is 319 g/mol. The van der Waals surface area contributed by atoms with Crippen molar-refractivity contribution in [1.82, 2.24) is 15.1 Å². The number of carbonyl (C=O) groups is 1. The zero-order chi connectivity index (χ0) is 16.8. The van der Waals surface area contributed by atoms with Gasteiger partial charge in [-0.2, -0.15) is 5.10 Å². The topological polar surface area (TPSA) is 46.9 Å². The number of aromatic nitrogens is 2. The van der Waals surface area contributed by atoms with Gasteiger partial charge in [0.1, 0.15) is 0 Å². The molecule has 24 heavy (non-hydrogen) atoms. The van der Waals surface area contributed by atoms with Gasteiger partial charge >= 0.3 is 0 Å². The molecule has 0 saturated carbocycles. The molecule has 0 saturated heterocycles. The monoisotopic (exact) mass is 319 g/mol. The minimum atomic E-state index is 0.0297. The third-order valence-electron chi connectivity index (χ3n) is 3.85. The Morgan fingerprint density at radius 1 is 1.04 bits per heavy atom. The summed E-state index contributed by atoms with van der Waals surface area (Å²) in [7, 11) is 0. The average Bonchev–Trinajstić information content (AvgIpc) is 3.09. The second-order valence-corrected chi connectivity index (χ2v) is 5.94. The Morgan fingerprint density at radius 3 is 2.42 bits per heavy atom. The van der Waals surface area contributed by atoms with Gasteiger partial charge in [0.25, 0.3) is 0 Å². The van der Waals surface area contributed by atoms with Gasteiger partial charge in [0.15, 0.2) is 0 Å². The van der Waals surface area contributed by atoms with Gasteiger partial charge in [0, 0.05) is 18.4 Å². The number of amides is 1. The van der Waals surface area contributed by atoms with Crippen LogP contribution in [-0.4, -0.2) is 21.7 Å². The molecule has 4 heteroatoms. The zero-order valence-electron chi connectivity index (χ0n) is 13.7. The molecule has 0 radical (unpaired) electrons. The fourth-order valence-electron chi connectivity index (χ4n) is 2.69. The van der Waals surface area contributed by atoms with Gasteiger partial charge in [-0.3, -0.25) is 9.48 Å². The van der Waals surface area contributed by atoms with Gasteiger partial charge < -0.3 is 5.32 Å². The molecule has 3 aromatic rings. The largest absolute Gasteiger partial charge is 0.351 e. The second-order valence-electron chi connectivity index (χ2n) is 5.94. The lowest BCUT2D eigenvalue weighted by Gasteiger charge is -2.14. The van der Waals surface area contributed by atoms with E-state index in [2.05, 4.69) is 34.7 Å². The molecule has 0 aliphatic carbocycles. The third-order valence-corrected chi connectivity index (χ3v) is 3.85. The van der Waals surface area contributed by atoms with Crippen LogP contribution in [0.3, 0.4) is 0 Å². The van der Waals surface area contributed by atoms with E-state index in [9.17, 15) is 4.79 Å². The van der Waals surface area contributed by atoms with Crippen LogP contribution in [0.15, 0.2) is 73.1 Å². The van der Waals surface area contributed by atoms with Crippen molar-refractivity contribution in [3.63, 3.8) is 0 Å². The van der Waals surface area contributed by atoms with Crippen LogP contribution in [0.4, 0.5) is 0 Å². The number of nitrogens with one attached hydrogen (secondary N) is 1. The molecule has 0 unspecified atom stereocenters. The fourth-order valence-corrected chi connectivity index (χ4v) is 2.69. The Labute approximate surface area is 142 Å². The van der Waals surface area contributed by atoms with E-state index < -0.39 is 0 Å². The Kier molecular flexibility index (Phi) is 5.06. The molecule has 0 aliphatic rings. The van der Waals surface area contributed by atoms with Crippen molar-refractivity contribution in [1.29, 1.82) is 0 Å².